The fraction of sp³-hybridized carbons (Fsp3) is 0.294. The third-order valence-electron chi connectivity index (χ3n) is 3.74. The Hall–Kier alpha value is -2.67. The average Bonchev–Trinajstić information content (AvgIpc) is 3.00. The number of hydrogen-bond donors (Lipinski definition) is 1. The van der Waals surface area contributed by atoms with Crippen LogP contribution in [0.4, 0.5) is 0 Å². The molecule has 3 aromatic rings. The van der Waals surface area contributed by atoms with Crippen LogP contribution < -0.4 is 4.74 Å². The van der Waals surface area contributed by atoms with E-state index >= 15 is 0 Å². The van der Waals surface area contributed by atoms with Gasteiger partial charge in [0.1, 0.15) is 17.5 Å². The second-order valence-corrected chi connectivity index (χ2v) is 5.87. The number of carboxylic acid groups (broad SMARTS) is 1. The number of aryl methyl sites for hydroxylation is 1. The Bertz CT molecular complexity index is 882. The van der Waals surface area contributed by atoms with Crippen molar-refractivity contribution in [1.82, 2.24) is 15.4 Å². The van der Waals surface area contributed by atoms with E-state index < -0.39 is 5.97 Å². The van der Waals surface area contributed by atoms with Crippen molar-refractivity contribution >= 4 is 28.5 Å². The second kappa shape index (κ2) is 7.48. The Kier molecular flexibility index (Phi) is 5.14. The van der Waals surface area contributed by atoms with Gasteiger partial charge in [-0.1, -0.05) is 23.7 Å². The highest BCUT2D eigenvalue weighted by Crippen LogP contribution is 2.35. The van der Waals surface area contributed by atoms with Crippen molar-refractivity contribution in [3.8, 4) is 5.75 Å². The molecule has 2 heterocycles. The Morgan fingerprint density at radius 3 is 2.96 bits per heavy atom. The maximum atomic E-state index is 10.7. The van der Waals surface area contributed by atoms with Crippen LogP contribution in [0.3, 0.4) is 0 Å². The zero-order valence-corrected chi connectivity index (χ0v) is 14.2. The molecule has 0 aliphatic heterocycles. The Balaban J connectivity index is 1.87. The van der Waals surface area contributed by atoms with Gasteiger partial charge < -0.3 is 14.4 Å². The first-order valence-electron chi connectivity index (χ1n) is 7.82. The van der Waals surface area contributed by atoms with E-state index in [9.17, 15) is 4.79 Å². The van der Waals surface area contributed by atoms with Crippen LogP contribution in [0.25, 0.3) is 11.0 Å². The lowest BCUT2D eigenvalue weighted by Gasteiger charge is -2.17. The van der Waals surface area contributed by atoms with Crippen molar-refractivity contribution in [3.63, 3.8) is 0 Å². The van der Waals surface area contributed by atoms with E-state index in [0.29, 0.717) is 39.6 Å². The lowest BCUT2D eigenvalue weighted by atomic mass is 10.1. The van der Waals surface area contributed by atoms with Gasteiger partial charge in [0.25, 0.3) is 0 Å². The summed E-state index contributed by atoms with van der Waals surface area (Å²) in [5, 5.41) is 21.8. The van der Waals surface area contributed by atoms with Gasteiger partial charge in [0.05, 0.1) is 17.1 Å². The molecule has 1 aromatic carbocycles. The van der Waals surface area contributed by atoms with E-state index in [1.54, 1.807) is 24.4 Å². The smallest absolute Gasteiger partial charge is 0.303 e. The molecule has 0 amide bonds. The van der Waals surface area contributed by atoms with Crippen LogP contribution in [0, 0.1) is 0 Å². The van der Waals surface area contributed by atoms with Gasteiger partial charge in [-0.25, -0.2) is 0 Å². The predicted molar refractivity (Wildman–Crippen MR) is 90.7 cm³/mol. The first kappa shape index (κ1) is 17.2. The molecule has 25 heavy (non-hydrogen) atoms. The van der Waals surface area contributed by atoms with E-state index in [2.05, 4.69) is 15.4 Å². The summed E-state index contributed by atoms with van der Waals surface area (Å²) in [5.74, 6) is -0.440. The molecule has 0 aliphatic carbocycles. The molecule has 0 aliphatic rings. The van der Waals surface area contributed by atoms with E-state index in [1.807, 2.05) is 13.0 Å². The van der Waals surface area contributed by atoms with Gasteiger partial charge >= 0.3 is 5.97 Å². The molecular weight excluding hydrogens is 346 g/mol. The normalized spacial score (nSPS) is 12.2. The Morgan fingerprint density at radius 2 is 2.28 bits per heavy atom. The minimum absolute atomic E-state index is 0.0257. The van der Waals surface area contributed by atoms with Crippen molar-refractivity contribution in [1.29, 1.82) is 0 Å². The van der Waals surface area contributed by atoms with Crippen LogP contribution in [0.1, 0.15) is 37.3 Å². The minimum Gasteiger partial charge on any atom is -0.482 e. The zero-order valence-electron chi connectivity index (χ0n) is 13.5. The standard InChI is InChI=1S/C17H16ClN3O4/c1-2-14(13-4-3-7-19-20-13)24-16-9-15-10(8-11(16)18)12(21-25-15)5-6-17(22)23/h3-4,7-9,14H,2,5-6H2,1H3,(H,22,23)/t14-/m1/s1. The first-order chi connectivity index (χ1) is 12.1. The number of hydrogen-bond acceptors (Lipinski definition) is 6. The summed E-state index contributed by atoms with van der Waals surface area (Å²) in [4.78, 5) is 10.7. The lowest BCUT2D eigenvalue weighted by Crippen LogP contribution is -2.09. The summed E-state index contributed by atoms with van der Waals surface area (Å²) in [6.45, 7) is 1.98. The van der Waals surface area contributed by atoms with E-state index in [4.69, 9.17) is 26.0 Å². The van der Waals surface area contributed by atoms with Gasteiger partial charge in [-0.2, -0.15) is 10.2 Å². The molecule has 1 atom stereocenters. The largest absolute Gasteiger partial charge is 0.482 e. The van der Waals surface area contributed by atoms with Crippen LogP contribution in [-0.2, 0) is 11.2 Å². The van der Waals surface area contributed by atoms with Gasteiger partial charge in [-0.3, -0.25) is 4.79 Å². The molecule has 130 valence electrons. The summed E-state index contributed by atoms with van der Waals surface area (Å²) in [6.07, 6.45) is 2.24. The fourth-order valence-electron chi connectivity index (χ4n) is 2.48. The molecule has 0 radical (unpaired) electrons. The zero-order chi connectivity index (χ0) is 17.8. The summed E-state index contributed by atoms with van der Waals surface area (Å²) in [7, 11) is 0. The Morgan fingerprint density at radius 1 is 1.44 bits per heavy atom. The number of aliphatic carboxylic acids is 1. The van der Waals surface area contributed by atoms with Gasteiger partial charge in [-0.15, -0.1) is 0 Å². The highest BCUT2D eigenvalue weighted by molar-refractivity contribution is 6.32. The molecule has 1 N–H and O–H groups in total. The average molecular weight is 362 g/mol. The third kappa shape index (κ3) is 3.88. The topological polar surface area (TPSA) is 98.3 Å². The summed E-state index contributed by atoms with van der Waals surface area (Å²) >= 11 is 6.34. The number of ether oxygens (including phenoxy) is 1. The molecule has 8 heteroatoms. The van der Waals surface area contributed by atoms with Crippen LogP contribution in [0.2, 0.25) is 5.02 Å². The minimum atomic E-state index is -0.892. The fourth-order valence-corrected chi connectivity index (χ4v) is 2.68. The van der Waals surface area contributed by atoms with Crippen LogP contribution >= 0.6 is 11.6 Å². The number of halogens is 1. The lowest BCUT2D eigenvalue weighted by molar-refractivity contribution is -0.136. The number of fused-ring (bicyclic) bond motifs is 1. The number of nitrogens with zero attached hydrogens (tertiary/aromatic N) is 3. The number of rotatable bonds is 7. The molecule has 0 fully saturated rings. The maximum Gasteiger partial charge on any atom is 0.303 e. The van der Waals surface area contributed by atoms with Gasteiger partial charge in [0.2, 0.25) is 0 Å². The highest BCUT2D eigenvalue weighted by atomic mass is 35.5. The van der Waals surface area contributed by atoms with Gasteiger partial charge in [0.15, 0.2) is 5.58 Å². The van der Waals surface area contributed by atoms with Gasteiger partial charge in [-0.05, 0) is 24.6 Å². The van der Waals surface area contributed by atoms with E-state index in [0.717, 1.165) is 0 Å². The molecule has 0 spiro atoms. The quantitative estimate of drug-likeness (QED) is 0.682. The second-order valence-electron chi connectivity index (χ2n) is 5.47. The highest BCUT2D eigenvalue weighted by Gasteiger charge is 2.18. The molecule has 0 saturated heterocycles. The van der Waals surface area contributed by atoms with Crippen molar-refractivity contribution in [2.75, 3.05) is 0 Å². The van der Waals surface area contributed by atoms with E-state index in [-0.39, 0.29) is 18.9 Å². The van der Waals surface area contributed by atoms with Gasteiger partial charge in [0, 0.05) is 24.1 Å². The SMILES string of the molecule is CC[C@@H](Oc1cc2onc(CCC(=O)O)c2cc1Cl)c1cccnn1. The van der Waals surface area contributed by atoms with E-state index in [1.165, 1.54) is 0 Å². The van der Waals surface area contributed by atoms with Crippen molar-refractivity contribution in [3.05, 3.63) is 46.9 Å². The number of carbonyl (C=O) groups is 1. The molecular formula is C17H16ClN3O4. The third-order valence-corrected chi connectivity index (χ3v) is 4.03. The summed E-state index contributed by atoms with van der Waals surface area (Å²) in [5.41, 5.74) is 1.77. The number of carboxylic acids is 1. The molecule has 3 rings (SSSR count). The molecule has 0 saturated carbocycles. The van der Waals surface area contributed by atoms with Crippen molar-refractivity contribution in [2.24, 2.45) is 0 Å². The summed E-state index contributed by atoms with van der Waals surface area (Å²) < 4.78 is 11.3. The van der Waals surface area contributed by atoms with Crippen molar-refractivity contribution in [2.45, 2.75) is 32.3 Å². The van der Waals surface area contributed by atoms with Crippen molar-refractivity contribution < 1.29 is 19.2 Å². The van der Waals surface area contributed by atoms with Crippen LogP contribution in [0.5, 0.6) is 5.75 Å². The van der Waals surface area contributed by atoms with Crippen LogP contribution in [-0.4, -0.2) is 26.4 Å². The molecule has 0 bridgehead atoms. The predicted octanol–water partition coefficient (Wildman–Crippen LogP) is 3.82. The summed E-state index contributed by atoms with van der Waals surface area (Å²) in [6, 6.07) is 6.98. The number of benzene rings is 1. The molecule has 0 unspecified atom stereocenters. The Labute approximate surface area is 148 Å². The first-order valence-corrected chi connectivity index (χ1v) is 8.20. The van der Waals surface area contributed by atoms with Crippen LogP contribution in [0.15, 0.2) is 35.0 Å². The monoisotopic (exact) mass is 361 g/mol. The molecule has 7 nitrogen and oxygen atoms in total. The molecule has 2 aromatic heterocycles. The number of aromatic nitrogens is 3. The maximum absolute atomic E-state index is 10.7.